The molecule has 1 atom stereocenters. The van der Waals surface area contributed by atoms with Crippen LogP contribution >= 0.6 is 0 Å². The molecule has 3 nitrogen and oxygen atoms in total. The first kappa shape index (κ1) is 12.2. The average molecular weight is 209 g/mol. The van der Waals surface area contributed by atoms with Gasteiger partial charge in [-0.1, -0.05) is 0 Å². The molecule has 1 heterocycles. The van der Waals surface area contributed by atoms with E-state index < -0.39 is 0 Å². The fourth-order valence-electron chi connectivity index (χ4n) is 1.53. The highest BCUT2D eigenvalue weighted by atomic mass is 15.3. The molecule has 0 saturated carbocycles. The molecule has 86 valence electrons. The second kappa shape index (κ2) is 5.91. The Kier molecular flexibility index (Phi) is 4.82. The van der Waals surface area contributed by atoms with Gasteiger partial charge in [0.05, 0.1) is 5.69 Å². The molecule has 1 unspecified atom stereocenters. The minimum absolute atomic E-state index is 0.468. The maximum absolute atomic E-state index is 4.53. The van der Waals surface area contributed by atoms with Crippen LogP contribution in [0.3, 0.4) is 0 Å². The van der Waals surface area contributed by atoms with Crippen LogP contribution in [-0.4, -0.2) is 22.9 Å². The Labute approximate surface area is 92.9 Å². The van der Waals surface area contributed by atoms with E-state index in [1.54, 1.807) is 0 Å². The van der Waals surface area contributed by atoms with Crippen LogP contribution in [0.2, 0.25) is 0 Å². The van der Waals surface area contributed by atoms with Crippen molar-refractivity contribution in [3.63, 3.8) is 0 Å². The summed E-state index contributed by atoms with van der Waals surface area (Å²) in [7, 11) is 2.01. The van der Waals surface area contributed by atoms with Gasteiger partial charge < -0.3 is 5.32 Å². The topological polar surface area (TPSA) is 29.9 Å². The van der Waals surface area contributed by atoms with Crippen LogP contribution in [0.15, 0.2) is 12.3 Å². The normalized spacial score (nSPS) is 13.4. The zero-order valence-corrected chi connectivity index (χ0v) is 10.3. The van der Waals surface area contributed by atoms with Crippen molar-refractivity contribution in [3.05, 3.63) is 18.0 Å². The van der Waals surface area contributed by atoms with Crippen molar-refractivity contribution in [3.8, 4) is 0 Å². The summed E-state index contributed by atoms with van der Waals surface area (Å²) >= 11 is 0. The van der Waals surface area contributed by atoms with Gasteiger partial charge in [-0.15, -0.1) is 0 Å². The fraction of sp³-hybridized carbons (Fsp3) is 0.750. The number of rotatable bonds is 6. The number of hydrogen-bond acceptors (Lipinski definition) is 2. The lowest BCUT2D eigenvalue weighted by Gasteiger charge is -2.08. The predicted molar refractivity (Wildman–Crippen MR) is 64.1 cm³/mol. The molecule has 0 aromatic carbocycles. The smallest absolute Gasteiger partial charge is 0.0624 e. The van der Waals surface area contributed by atoms with Crippen LogP contribution in [0.1, 0.15) is 45.3 Å². The molecule has 1 rings (SSSR count). The molecule has 0 amide bonds. The second-order valence-corrected chi connectivity index (χ2v) is 4.46. The van der Waals surface area contributed by atoms with Crippen LogP contribution in [0, 0.1) is 0 Å². The molecule has 1 aromatic heterocycles. The summed E-state index contributed by atoms with van der Waals surface area (Å²) in [6, 6.07) is 3.21. The number of aromatic nitrogens is 2. The van der Waals surface area contributed by atoms with Crippen molar-refractivity contribution in [1.29, 1.82) is 0 Å². The zero-order chi connectivity index (χ0) is 11.3. The van der Waals surface area contributed by atoms with Crippen molar-refractivity contribution in [2.24, 2.45) is 0 Å². The number of nitrogens with one attached hydrogen (secondary N) is 1. The molecule has 0 fully saturated rings. The molecule has 0 bridgehead atoms. The second-order valence-electron chi connectivity index (χ2n) is 4.46. The minimum atomic E-state index is 0.468. The van der Waals surface area contributed by atoms with Gasteiger partial charge in [-0.2, -0.15) is 5.10 Å². The van der Waals surface area contributed by atoms with E-state index in [0.717, 1.165) is 6.42 Å². The van der Waals surface area contributed by atoms with Crippen LogP contribution < -0.4 is 5.32 Å². The Hall–Kier alpha value is -0.830. The standard InChI is InChI=1S/C12H23N3/c1-10(2)15-9-8-12(14-15)7-5-6-11(3)13-4/h8-11,13H,5-7H2,1-4H3. The maximum atomic E-state index is 4.53. The molecule has 0 aliphatic heterocycles. The van der Waals surface area contributed by atoms with E-state index in [9.17, 15) is 0 Å². The minimum Gasteiger partial charge on any atom is -0.317 e. The largest absolute Gasteiger partial charge is 0.317 e. The van der Waals surface area contributed by atoms with E-state index in [1.807, 2.05) is 11.7 Å². The van der Waals surface area contributed by atoms with Crippen molar-refractivity contribution in [2.45, 2.75) is 52.1 Å². The average Bonchev–Trinajstić information content (AvgIpc) is 2.66. The number of hydrogen-bond donors (Lipinski definition) is 1. The van der Waals surface area contributed by atoms with E-state index in [4.69, 9.17) is 0 Å². The lowest BCUT2D eigenvalue weighted by atomic mass is 10.1. The van der Waals surface area contributed by atoms with Gasteiger partial charge in [0.2, 0.25) is 0 Å². The summed E-state index contributed by atoms with van der Waals surface area (Å²) in [5.41, 5.74) is 1.21. The van der Waals surface area contributed by atoms with Gasteiger partial charge in [-0.3, -0.25) is 4.68 Å². The Morgan fingerprint density at radius 1 is 1.40 bits per heavy atom. The first-order chi connectivity index (χ1) is 7.13. The highest BCUT2D eigenvalue weighted by Gasteiger charge is 2.03. The molecule has 3 heteroatoms. The lowest BCUT2D eigenvalue weighted by molar-refractivity contribution is 0.514. The monoisotopic (exact) mass is 209 g/mol. The van der Waals surface area contributed by atoms with Gasteiger partial charge in [0.25, 0.3) is 0 Å². The first-order valence-electron chi connectivity index (χ1n) is 5.84. The third-order valence-corrected chi connectivity index (χ3v) is 2.76. The van der Waals surface area contributed by atoms with E-state index in [1.165, 1.54) is 18.5 Å². The van der Waals surface area contributed by atoms with Crippen molar-refractivity contribution >= 4 is 0 Å². The van der Waals surface area contributed by atoms with Crippen molar-refractivity contribution < 1.29 is 0 Å². The Morgan fingerprint density at radius 3 is 2.67 bits per heavy atom. The predicted octanol–water partition coefficient (Wildman–Crippen LogP) is 2.39. The molecule has 0 aliphatic rings. The van der Waals surface area contributed by atoms with Crippen LogP contribution in [0.25, 0.3) is 0 Å². The van der Waals surface area contributed by atoms with Crippen LogP contribution in [0.5, 0.6) is 0 Å². The fourth-order valence-corrected chi connectivity index (χ4v) is 1.53. The molecule has 0 saturated heterocycles. The van der Waals surface area contributed by atoms with Gasteiger partial charge in [-0.05, 0) is 53.1 Å². The SMILES string of the molecule is CNC(C)CCCc1ccn(C(C)C)n1. The Bertz CT molecular complexity index is 278. The molecule has 0 spiro atoms. The molecular formula is C12H23N3. The Balaban J connectivity index is 2.31. The molecule has 0 aliphatic carbocycles. The zero-order valence-electron chi connectivity index (χ0n) is 10.3. The summed E-state index contributed by atoms with van der Waals surface area (Å²) in [6.07, 6.45) is 5.58. The molecule has 1 aromatic rings. The van der Waals surface area contributed by atoms with Crippen molar-refractivity contribution in [2.75, 3.05) is 7.05 Å². The maximum Gasteiger partial charge on any atom is 0.0624 e. The summed E-state index contributed by atoms with van der Waals surface area (Å²) in [5, 5.41) is 7.78. The highest BCUT2D eigenvalue weighted by Crippen LogP contribution is 2.07. The quantitative estimate of drug-likeness (QED) is 0.779. The van der Waals surface area contributed by atoms with Gasteiger partial charge in [0.1, 0.15) is 0 Å². The summed E-state index contributed by atoms with van der Waals surface area (Å²) in [5.74, 6) is 0. The molecular weight excluding hydrogens is 186 g/mol. The highest BCUT2D eigenvalue weighted by molar-refractivity contribution is 4.99. The third kappa shape index (κ3) is 4.04. The number of nitrogens with zero attached hydrogens (tertiary/aromatic N) is 2. The lowest BCUT2D eigenvalue weighted by Crippen LogP contribution is -2.20. The molecule has 15 heavy (non-hydrogen) atoms. The van der Waals surface area contributed by atoms with Crippen LogP contribution in [0.4, 0.5) is 0 Å². The number of aryl methyl sites for hydroxylation is 1. The van der Waals surface area contributed by atoms with E-state index in [0.29, 0.717) is 12.1 Å². The summed E-state index contributed by atoms with van der Waals surface area (Å²) in [4.78, 5) is 0. The molecule has 0 radical (unpaired) electrons. The Morgan fingerprint density at radius 2 is 2.13 bits per heavy atom. The van der Waals surface area contributed by atoms with Gasteiger partial charge in [-0.25, -0.2) is 0 Å². The molecule has 1 N–H and O–H groups in total. The first-order valence-corrected chi connectivity index (χ1v) is 5.84. The van der Waals surface area contributed by atoms with Crippen molar-refractivity contribution in [1.82, 2.24) is 15.1 Å². The van der Waals surface area contributed by atoms with E-state index >= 15 is 0 Å². The summed E-state index contributed by atoms with van der Waals surface area (Å²) < 4.78 is 2.02. The third-order valence-electron chi connectivity index (χ3n) is 2.76. The van der Waals surface area contributed by atoms with Gasteiger partial charge in [0.15, 0.2) is 0 Å². The van der Waals surface area contributed by atoms with Gasteiger partial charge >= 0.3 is 0 Å². The van der Waals surface area contributed by atoms with Gasteiger partial charge in [0, 0.05) is 18.3 Å². The van der Waals surface area contributed by atoms with Crippen LogP contribution in [-0.2, 0) is 6.42 Å². The summed E-state index contributed by atoms with van der Waals surface area (Å²) in [6.45, 7) is 6.52. The van der Waals surface area contributed by atoms with E-state index in [-0.39, 0.29) is 0 Å². The van der Waals surface area contributed by atoms with E-state index in [2.05, 4.69) is 43.4 Å².